The summed E-state index contributed by atoms with van der Waals surface area (Å²) >= 11 is 0. The van der Waals surface area contributed by atoms with Crippen LogP contribution < -0.4 is 10.9 Å². The van der Waals surface area contributed by atoms with Crippen LogP contribution in [0, 0.1) is 0 Å². The number of fused-ring (bicyclic) bond motifs is 2. The summed E-state index contributed by atoms with van der Waals surface area (Å²) in [5.41, 5.74) is 1.67. The highest BCUT2D eigenvalue weighted by atomic mass is 16.5. The van der Waals surface area contributed by atoms with Gasteiger partial charge in [-0.3, -0.25) is 14.2 Å². The van der Waals surface area contributed by atoms with Crippen molar-refractivity contribution in [2.24, 2.45) is 0 Å². The molecule has 0 aliphatic carbocycles. The number of ether oxygens (including phenoxy) is 1. The normalized spacial score (nSPS) is 13.7. The van der Waals surface area contributed by atoms with Gasteiger partial charge in [0, 0.05) is 24.9 Å². The van der Waals surface area contributed by atoms with Gasteiger partial charge in [0.05, 0.1) is 18.0 Å². The van der Waals surface area contributed by atoms with Crippen LogP contribution in [0.4, 0.5) is 0 Å². The second-order valence-corrected chi connectivity index (χ2v) is 7.06. The fraction of sp³-hybridized carbons (Fsp3) is 0.273. The number of esters is 1. The van der Waals surface area contributed by atoms with Crippen LogP contribution in [0.3, 0.4) is 0 Å². The number of hydrogen-bond acceptors (Lipinski definition) is 5. The first-order valence-corrected chi connectivity index (χ1v) is 9.53. The molecule has 1 aliphatic rings. The summed E-state index contributed by atoms with van der Waals surface area (Å²) in [6.45, 7) is 0.680. The standard InChI is InChI=1S/C22H21N3O4/c1-29-22(28)18(12-14-6-3-2-4-7-14)24-20(26)15-9-10-16-17(13-15)23-19-8-5-11-25(19)21(16)27/h2-4,6-7,9-10,13,18H,5,8,11-12H2,1H3,(H,24,26)/t18-/m1/s1. The Kier molecular flexibility index (Phi) is 5.12. The molecule has 1 amide bonds. The van der Waals surface area contributed by atoms with Crippen LogP contribution in [0.5, 0.6) is 0 Å². The molecule has 1 N–H and O–H groups in total. The van der Waals surface area contributed by atoms with E-state index in [9.17, 15) is 14.4 Å². The maximum absolute atomic E-state index is 12.8. The van der Waals surface area contributed by atoms with Gasteiger partial charge in [0.15, 0.2) is 0 Å². The van der Waals surface area contributed by atoms with Crippen molar-refractivity contribution in [2.45, 2.75) is 31.8 Å². The summed E-state index contributed by atoms with van der Waals surface area (Å²) in [5, 5.41) is 3.23. The van der Waals surface area contributed by atoms with Crippen molar-refractivity contribution in [3.05, 3.63) is 75.8 Å². The van der Waals surface area contributed by atoms with Crippen LogP contribution in [0.25, 0.3) is 10.9 Å². The third kappa shape index (κ3) is 3.76. The molecule has 2 heterocycles. The Bertz CT molecular complexity index is 1140. The Hall–Kier alpha value is -3.48. The molecule has 0 saturated heterocycles. The molecule has 0 spiro atoms. The van der Waals surface area contributed by atoms with Gasteiger partial charge in [-0.15, -0.1) is 0 Å². The van der Waals surface area contributed by atoms with E-state index in [1.54, 1.807) is 22.8 Å². The molecule has 4 rings (SSSR count). The number of aryl methyl sites for hydroxylation is 1. The summed E-state index contributed by atoms with van der Waals surface area (Å²) in [5.74, 6) is -0.186. The molecule has 29 heavy (non-hydrogen) atoms. The fourth-order valence-electron chi connectivity index (χ4n) is 3.65. The van der Waals surface area contributed by atoms with E-state index in [0.717, 1.165) is 24.2 Å². The lowest BCUT2D eigenvalue weighted by atomic mass is 10.1. The highest BCUT2D eigenvalue weighted by Gasteiger charge is 2.23. The SMILES string of the molecule is COC(=O)[C@@H](Cc1ccccc1)NC(=O)c1ccc2c(=O)n3c(nc2c1)CCC3. The number of aromatic nitrogens is 2. The molecule has 0 radical (unpaired) electrons. The van der Waals surface area contributed by atoms with E-state index in [1.807, 2.05) is 30.3 Å². The topological polar surface area (TPSA) is 90.3 Å². The minimum absolute atomic E-state index is 0.0778. The van der Waals surface area contributed by atoms with Crippen molar-refractivity contribution in [3.63, 3.8) is 0 Å². The lowest BCUT2D eigenvalue weighted by Gasteiger charge is -2.17. The van der Waals surface area contributed by atoms with E-state index in [0.29, 0.717) is 29.4 Å². The zero-order valence-corrected chi connectivity index (χ0v) is 16.1. The zero-order valence-electron chi connectivity index (χ0n) is 16.1. The first-order valence-electron chi connectivity index (χ1n) is 9.53. The molecule has 0 saturated carbocycles. The fourth-order valence-corrected chi connectivity index (χ4v) is 3.65. The van der Waals surface area contributed by atoms with Crippen LogP contribution in [0.2, 0.25) is 0 Å². The number of nitrogens with one attached hydrogen (secondary N) is 1. The Morgan fingerprint density at radius 1 is 1.21 bits per heavy atom. The zero-order chi connectivity index (χ0) is 20.4. The van der Waals surface area contributed by atoms with Crippen LogP contribution in [-0.2, 0) is 28.9 Å². The number of carbonyl (C=O) groups is 2. The van der Waals surface area contributed by atoms with Crippen molar-refractivity contribution in [3.8, 4) is 0 Å². The third-order valence-electron chi connectivity index (χ3n) is 5.15. The lowest BCUT2D eigenvalue weighted by Crippen LogP contribution is -2.43. The Labute approximate surface area is 167 Å². The largest absolute Gasteiger partial charge is 0.467 e. The summed E-state index contributed by atoms with van der Waals surface area (Å²) in [4.78, 5) is 42.1. The predicted molar refractivity (Wildman–Crippen MR) is 108 cm³/mol. The molecule has 2 aromatic carbocycles. The second-order valence-electron chi connectivity index (χ2n) is 7.06. The van der Waals surface area contributed by atoms with Crippen molar-refractivity contribution in [1.82, 2.24) is 14.9 Å². The predicted octanol–water partition coefficient (Wildman–Crippen LogP) is 1.86. The molecular weight excluding hydrogens is 370 g/mol. The quantitative estimate of drug-likeness (QED) is 0.671. The van der Waals surface area contributed by atoms with Gasteiger partial charge >= 0.3 is 5.97 Å². The number of carbonyl (C=O) groups excluding carboxylic acids is 2. The maximum Gasteiger partial charge on any atom is 0.328 e. The first-order chi connectivity index (χ1) is 14.1. The van der Waals surface area contributed by atoms with Gasteiger partial charge in [-0.05, 0) is 30.2 Å². The maximum atomic E-state index is 12.8. The van der Waals surface area contributed by atoms with E-state index in [1.165, 1.54) is 7.11 Å². The summed E-state index contributed by atoms with van der Waals surface area (Å²) in [7, 11) is 1.29. The summed E-state index contributed by atoms with van der Waals surface area (Å²) in [6.07, 6.45) is 1.97. The molecule has 0 unspecified atom stereocenters. The molecular formula is C22H21N3O4. The molecule has 0 fully saturated rings. The van der Waals surface area contributed by atoms with E-state index < -0.39 is 17.9 Å². The van der Waals surface area contributed by atoms with Crippen molar-refractivity contribution in [1.29, 1.82) is 0 Å². The molecule has 7 nitrogen and oxygen atoms in total. The molecule has 7 heteroatoms. The Morgan fingerprint density at radius 2 is 2.00 bits per heavy atom. The van der Waals surface area contributed by atoms with Gasteiger partial charge in [-0.25, -0.2) is 9.78 Å². The molecule has 3 aromatic rings. The van der Waals surface area contributed by atoms with Gasteiger partial charge < -0.3 is 10.1 Å². The van der Waals surface area contributed by atoms with E-state index in [2.05, 4.69) is 10.3 Å². The third-order valence-corrected chi connectivity index (χ3v) is 5.15. The molecule has 0 bridgehead atoms. The molecule has 1 aromatic heterocycles. The van der Waals surface area contributed by atoms with Crippen molar-refractivity contribution < 1.29 is 14.3 Å². The number of methoxy groups -OCH3 is 1. The molecule has 1 atom stereocenters. The monoisotopic (exact) mass is 391 g/mol. The minimum atomic E-state index is -0.816. The van der Waals surface area contributed by atoms with Gasteiger partial charge in [0.25, 0.3) is 11.5 Å². The minimum Gasteiger partial charge on any atom is -0.467 e. The number of amides is 1. The number of benzene rings is 2. The molecule has 148 valence electrons. The van der Waals surface area contributed by atoms with E-state index >= 15 is 0 Å². The average Bonchev–Trinajstić information content (AvgIpc) is 3.22. The van der Waals surface area contributed by atoms with Crippen LogP contribution in [0.1, 0.15) is 28.2 Å². The van der Waals surface area contributed by atoms with Gasteiger partial charge in [0.2, 0.25) is 0 Å². The van der Waals surface area contributed by atoms with Crippen LogP contribution in [0.15, 0.2) is 53.3 Å². The number of hydrogen-bond donors (Lipinski definition) is 1. The summed E-state index contributed by atoms with van der Waals surface area (Å²) in [6, 6.07) is 13.4. The lowest BCUT2D eigenvalue weighted by molar-refractivity contribution is -0.142. The highest BCUT2D eigenvalue weighted by Crippen LogP contribution is 2.16. The first kappa shape index (κ1) is 18.9. The number of nitrogens with zero attached hydrogens (tertiary/aromatic N) is 2. The van der Waals surface area contributed by atoms with E-state index in [-0.39, 0.29) is 5.56 Å². The van der Waals surface area contributed by atoms with Crippen molar-refractivity contribution in [2.75, 3.05) is 7.11 Å². The van der Waals surface area contributed by atoms with Crippen molar-refractivity contribution >= 4 is 22.8 Å². The number of rotatable bonds is 5. The second kappa shape index (κ2) is 7.87. The van der Waals surface area contributed by atoms with E-state index in [4.69, 9.17) is 4.74 Å². The van der Waals surface area contributed by atoms with Crippen LogP contribution >= 0.6 is 0 Å². The average molecular weight is 391 g/mol. The summed E-state index contributed by atoms with van der Waals surface area (Å²) < 4.78 is 6.54. The smallest absolute Gasteiger partial charge is 0.328 e. The highest BCUT2D eigenvalue weighted by molar-refractivity contribution is 5.99. The van der Waals surface area contributed by atoms with Gasteiger partial charge in [-0.1, -0.05) is 30.3 Å². The van der Waals surface area contributed by atoms with Crippen LogP contribution in [-0.4, -0.2) is 34.6 Å². The molecule has 1 aliphatic heterocycles. The Morgan fingerprint density at radius 3 is 2.76 bits per heavy atom. The Balaban J connectivity index is 1.60. The van der Waals surface area contributed by atoms with Gasteiger partial charge in [-0.2, -0.15) is 0 Å². The van der Waals surface area contributed by atoms with Gasteiger partial charge in [0.1, 0.15) is 11.9 Å².